The van der Waals surface area contributed by atoms with Crippen LogP contribution in [0.5, 0.6) is 0 Å². The summed E-state index contributed by atoms with van der Waals surface area (Å²) in [6.07, 6.45) is 0.477. The molecular weight excluding hydrogens is 252 g/mol. The van der Waals surface area contributed by atoms with Gasteiger partial charge < -0.3 is 4.74 Å². The predicted molar refractivity (Wildman–Crippen MR) is 72.4 cm³/mol. The molecule has 4 heteroatoms. The van der Waals surface area contributed by atoms with Crippen molar-refractivity contribution in [3.8, 4) is 12.1 Å². The molecule has 0 saturated heterocycles. The average molecular weight is 268 g/mol. The van der Waals surface area contributed by atoms with Gasteiger partial charge in [0.25, 0.3) is 0 Å². The van der Waals surface area contributed by atoms with E-state index in [0.29, 0.717) is 12.0 Å². The highest BCUT2D eigenvalue weighted by atomic mass is 16.6. The molecule has 1 aromatic rings. The molecule has 2 rings (SSSR count). The van der Waals surface area contributed by atoms with E-state index in [-0.39, 0.29) is 5.97 Å². The molecule has 20 heavy (non-hydrogen) atoms. The van der Waals surface area contributed by atoms with Crippen molar-refractivity contribution in [3.63, 3.8) is 0 Å². The van der Waals surface area contributed by atoms with Gasteiger partial charge in [-0.25, -0.2) is 0 Å². The van der Waals surface area contributed by atoms with E-state index >= 15 is 0 Å². The number of ether oxygens (including phenoxy) is 1. The highest BCUT2D eigenvalue weighted by molar-refractivity contribution is 5.81. The molecule has 1 fully saturated rings. The highest BCUT2D eigenvalue weighted by Crippen LogP contribution is 2.54. The summed E-state index contributed by atoms with van der Waals surface area (Å²) in [5.41, 5.74) is -0.0341. The molecule has 102 valence electrons. The number of nitriles is 2. The van der Waals surface area contributed by atoms with E-state index in [0.717, 1.165) is 5.56 Å². The van der Waals surface area contributed by atoms with E-state index in [9.17, 15) is 10.1 Å². The van der Waals surface area contributed by atoms with Gasteiger partial charge in [0.05, 0.1) is 29.0 Å². The van der Waals surface area contributed by atoms with Gasteiger partial charge >= 0.3 is 5.97 Å². The molecule has 1 saturated carbocycles. The molecule has 0 bridgehead atoms. The molecule has 0 aromatic heterocycles. The first-order valence-electron chi connectivity index (χ1n) is 6.47. The van der Waals surface area contributed by atoms with Gasteiger partial charge in [-0.15, -0.1) is 0 Å². The van der Waals surface area contributed by atoms with E-state index in [4.69, 9.17) is 10.00 Å². The Morgan fingerprint density at radius 3 is 2.35 bits per heavy atom. The summed E-state index contributed by atoms with van der Waals surface area (Å²) in [7, 11) is 0. The quantitative estimate of drug-likeness (QED) is 0.773. The first-order chi connectivity index (χ1) is 9.32. The summed E-state index contributed by atoms with van der Waals surface area (Å²) < 4.78 is 5.34. The Morgan fingerprint density at radius 2 is 1.90 bits per heavy atom. The lowest BCUT2D eigenvalue weighted by atomic mass is 9.94. The molecule has 2 unspecified atom stereocenters. The molecule has 0 amide bonds. The summed E-state index contributed by atoms with van der Waals surface area (Å²) in [6, 6.07) is 11.1. The Kier molecular flexibility index (Phi) is 3.28. The zero-order valence-electron chi connectivity index (χ0n) is 11.8. The number of nitrogens with zero attached hydrogens (tertiary/aromatic N) is 2. The molecule has 1 aliphatic carbocycles. The Hall–Kier alpha value is -2.33. The summed E-state index contributed by atoms with van der Waals surface area (Å²) in [4.78, 5) is 12.1. The molecule has 0 heterocycles. The zero-order chi connectivity index (χ0) is 15.0. The van der Waals surface area contributed by atoms with Gasteiger partial charge in [0.15, 0.2) is 0 Å². The van der Waals surface area contributed by atoms with Gasteiger partial charge in [-0.05, 0) is 44.9 Å². The minimum atomic E-state index is -0.795. The molecule has 0 aliphatic heterocycles. The smallest absolute Gasteiger partial charge is 0.311 e. The van der Waals surface area contributed by atoms with Gasteiger partial charge in [0.1, 0.15) is 5.60 Å². The van der Waals surface area contributed by atoms with E-state index in [1.165, 1.54) is 0 Å². The van der Waals surface area contributed by atoms with Crippen LogP contribution in [0.2, 0.25) is 0 Å². The maximum absolute atomic E-state index is 12.1. The van der Waals surface area contributed by atoms with Crippen molar-refractivity contribution in [2.24, 2.45) is 5.92 Å². The number of carbonyl (C=O) groups excluding carboxylic acids is 1. The summed E-state index contributed by atoms with van der Waals surface area (Å²) in [5, 5.41) is 18.2. The predicted octanol–water partition coefficient (Wildman–Crippen LogP) is 2.68. The van der Waals surface area contributed by atoms with Gasteiger partial charge in [0, 0.05) is 0 Å². The van der Waals surface area contributed by atoms with E-state index < -0.39 is 16.9 Å². The second kappa shape index (κ2) is 4.65. The van der Waals surface area contributed by atoms with Gasteiger partial charge in [-0.2, -0.15) is 10.5 Å². The normalized spacial score (nSPS) is 24.4. The van der Waals surface area contributed by atoms with Crippen molar-refractivity contribution >= 4 is 5.97 Å². The van der Waals surface area contributed by atoms with E-state index in [2.05, 4.69) is 6.07 Å². The minimum Gasteiger partial charge on any atom is -0.460 e. The van der Waals surface area contributed by atoms with Crippen molar-refractivity contribution in [2.45, 2.75) is 38.2 Å². The highest BCUT2D eigenvalue weighted by Gasteiger charge is 2.61. The standard InChI is InChI=1S/C16H16N2O2/c1-15(2,3)20-14(19)13-8-16(13,10-18)12-6-4-11(9-17)5-7-12/h4-7,13H,8H2,1-3H3. The molecule has 1 aromatic carbocycles. The largest absolute Gasteiger partial charge is 0.460 e. The van der Waals surface area contributed by atoms with Crippen LogP contribution < -0.4 is 0 Å². The monoisotopic (exact) mass is 268 g/mol. The summed E-state index contributed by atoms with van der Waals surface area (Å²) >= 11 is 0. The third-order valence-corrected chi connectivity index (χ3v) is 3.38. The Bertz CT molecular complexity index is 614. The molecule has 4 nitrogen and oxygen atoms in total. The molecule has 0 radical (unpaired) electrons. The molecule has 0 spiro atoms. The SMILES string of the molecule is CC(C)(C)OC(=O)C1CC1(C#N)c1ccc(C#N)cc1. The Labute approximate surface area is 118 Å². The maximum Gasteiger partial charge on any atom is 0.311 e. The minimum absolute atomic E-state index is 0.330. The Morgan fingerprint density at radius 1 is 1.30 bits per heavy atom. The Balaban J connectivity index is 2.20. The van der Waals surface area contributed by atoms with E-state index in [1.54, 1.807) is 24.3 Å². The second-order valence-electron chi connectivity index (χ2n) is 6.06. The first kappa shape index (κ1) is 14.1. The van der Waals surface area contributed by atoms with Crippen LogP contribution in [-0.4, -0.2) is 11.6 Å². The fourth-order valence-electron chi connectivity index (χ4n) is 2.27. The number of benzene rings is 1. The van der Waals surface area contributed by atoms with Crippen LogP contribution in [0.4, 0.5) is 0 Å². The van der Waals surface area contributed by atoms with E-state index in [1.807, 2.05) is 26.8 Å². The van der Waals surface area contributed by atoms with Crippen LogP contribution >= 0.6 is 0 Å². The average Bonchev–Trinajstić information content (AvgIpc) is 3.13. The lowest BCUT2D eigenvalue weighted by Gasteiger charge is -2.20. The third-order valence-electron chi connectivity index (χ3n) is 3.38. The molecule has 2 atom stereocenters. The number of esters is 1. The lowest BCUT2D eigenvalue weighted by molar-refractivity contribution is -0.156. The fraction of sp³-hybridized carbons (Fsp3) is 0.438. The van der Waals surface area contributed by atoms with Crippen molar-refractivity contribution in [3.05, 3.63) is 35.4 Å². The van der Waals surface area contributed by atoms with Crippen LogP contribution in [0.1, 0.15) is 38.3 Å². The van der Waals surface area contributed by atoms with Gasteiger partial charge in [-0.1, -0.05) is 12.1 Å². The number of hydrogen-bond acceptors (Lipinski definition) is 4. The van der Waals surface area contributed by atoms with Crippen LogP contribution in [0.3, 0.4) is 0 Å². The van der Waals surface area contributed by atoms with Crippen LogP contribution in [0.25, 0.3) is 0 Å². The fourth-order valence-corrected chi connectivity index (χ4v) is 2.27. The van der Waals surface area contributed by atoms with Crippen molar-refractivity contribution in [1.29, 1.82) is 10.5 Å². The van der Waals surface area contributed by atoms with Crippen molar-refractivity contribution < 1.29 is 9.53 Å². The molecular formula is C16H16N2O2. The maximum atomic E-state index is 12.1. The van der Waals surface area contributed by atoms with Crippen molar-refractivity contribution in [2.75, 3.05) is 0 Å². The van der Waals surface area contributed by atoms with Crippen LogP contribution in [0.15, 0.2) is 24.3 Å². The third kappa shape index (κ3) is 2.51. The number of carbonyl (C=O) groups is 1. The molecule has 0 N–H and O–H groups in total. The number of hydrogen-bond donors (Lipinski definition) is 0. The van der Waals surface area contributed by atoms with Crippen molar-refractivity contribution in [1.82, 2.24) is 0 Å². The summed E-state index contributed by atoms with van der Waals surface area (Å²) in [6.45, 7) is 5.43. The number of rotatable bonds is 2. The van der Waals surface area contributed by atoms with Crippen LogP contribution in [0, 0.1) is 28.6 Å². The lowest BCUT2D eigenvalue weighted by Crippen LogP contribution is -2.27. The topological polar surface area (TPSA) is 73.9 Å². The van der Waals surface area contributed by atoms with Gasteiger partial charge in [-0.3, -0.25) is 4.79 Å². The zero-order valence-corrected chi connectivity index (χ0v) is 11.8. The first-order valence-corrected chi connectivity index (χ1v) is 6.47. The summed E-state index contributed by atoms with van der Waals surface area (Å²) in [5.74, 6) is -0.747. The van der Waals surface area contributed by atoms with Gasteiger partial charge in [0.2, 0.25) is 0 Å². The molecule has 1 aliphatic rings. The second-order valence-corrected chi connectivity index (χ2v) is 6.06. The van der Waals surface area contributed by atoms with Crippen LogP contribution in [-0.2, 0) is 14.9 Å².